The van der Waals surface area contributed by atoms with Crippen molar-refractivity contribution in [3.63, 3.8) is 0 Å². The summed E-state index contributed by atoms with van der Waals surface area (Å²) >= 11 is 5.80. The van der Waals surface area contributed by atoms with Gasteiger partial charge in [0.1, 0.15) is 0 Å². The third kappa shape index (κ3) is 1.98. The average Bonchev–Trinajstić information content (AvgIpc) is 2.69. The molecule has 1 atom stereocenters. The zero-order valence-electron chi connectivity index (χ0n) is 9.73. The third-order valence-electron chi connectivity index (χ3n) is 3.47. The lowest BCUT2D eigenvalue weighted by atomic mass is 9.76. The molecule has 0 spiro atoms. The summed E-state index contributed by atoms with van der Waals surface area (Å²) in [6.07, 6.45) is 3.31. The molecule has 0 N–H and O–H groups in total. The Kier molecular flexibility index (Phi) is 3.53. The summed E-state index contributed by atoms with van der Waals surface area (Å²) in [4.78, 5) is 14.1. The number of nitrogens with zero attached hydrogens (tertiary/aromatic N) is 1. The van der Waals surface area contributed by atoms with Crippen molar-refractivity contribution in [1.82, 2.24) is 4.90 Å². The molecule has 0 radical (unpaired) electrons. The molecule has 1 heterocycles. The highest BCUT2D eigenvalue weighted by Gasteiger charge is 2.46. The number of likely N-dealkylation sites (tertiary alicyclic amines) is 1. The highest BCUT2D eigenvalue weighted by molar-refractivity contribution is 6.18. The van der Waals surface area contributed by atoms with E-state index in [1.165, 1.54) is 0 Å². The van der Waals surface area contributed by atoms with Crippen molar-refractivity contribution < 1.29 is 4.79 Å². The minimum atomic E-state index is -0.447. The number of hydrogen-bond acceptors (Lipinski definition) is 1. The maximum absolute atomic E-state index is 12.4. The molecule has 3 heteroatoms. The number of alkyl halides is 1. The number of carbonyl (C=O) groups is 1. The van der Waals surface area contributed by atoms with Gasteiger partial charge in [-0.05, 0) is 18.4 Å². The van der Waals surface area contributed by atoms with Gasteiger partial charge in [-0.2, -0.15) is 0 Å². The van der Waals surface area contributed by atoms with E-state index in [4.69, 9.17) is 11.6 Å². The molecule has 0 bridgehead atoms. The van der Waals surface area contributed by atoms with Gasteiger partial charge in [-0.25, -0.2) is 0 Å². The van der Waals surface area contributed by atoms with Crippen LogP contribution in [0.25, 0.3) is 0 Å². The second kappa shape index (κ2) is 4.92. The van der Waals surface area contributed by atoms with Crippen LogP contribution in [-0.2, 0) is 10.2 Å². The van der Waals surface area contributed by atoms with E-state index >= 15 is 0 Å². The summed E-state index contributed by atoms with van der Waals surface area (Å²) < 4.78 is 0. The van der Waals surface area contributed by atoms with Crippen LogP contribution in [-0.4, -0.2) is 23.4 Å². The molecule has 1 saturated heterocycles. The van der Waals surface area contributed by atoms with Crippen molar-refractivity contribution in [2.24, 2.45) is 0 Å². The fraction of sp³-hybridized carbons (Fsp3) is 0.357. The summed E-state index contributed by atoms with van der Waals surface area (Å²) in [6.45, 7) is 4.50. The molecule has 1 aromatic rings. The molecule has 1 unspecified atom stereocenters. The maximum Gasteiger partial charge on any atom is 0.234 e. The lowest BCUT2D eigenvalue weighted by Crippen LogP contribution is -2.37. The van der Waals surface area contributed by atoms with Crippen LogP contribution in [0.4, 0.5) is 0 Å². The van der Waals surface area contributed by atoms with Gasteiger partial charge in [0.25, 0.3) is 0 Å². The first kappa shape index (κ1) is 12.2. The monoisotopic (exact) mass is 249 g/mol. The van der Waals surface area contributed by atoms with Gasteiger partial charge in [0.15, 0.2) is 0 Å². The summed E-state index contributed by atoms with van der Waals surface area (Å²) in [7, 11) is 0. The van der Waals surface area contributed by atoms with Gasteiger partial charge in [0.2, 0.25) is 5.91 Å². The summed E-state index contributed by atoms with van der Waals surface area (Å²) in [5.74, 6) is 0.124. The molecule has 90 valence electrons. The number of halogens is 1. The quantitative estimate of drug-likeness (QED) is 0.457. The molecule has 1 fully saturated rings. The first-order valence-corrected chi connectivity index (χ1v) is 6.30. The van der Waals surface area contributed by atoms with Gasteiger partial charge in [-0.3, -0.25) is 4.79 Å². The van der Waals surface area contributed by atoms with Crippen LogP contribution >= 0.6 is 11.6 Å². The van der Waals surface area contributed by atoms with Crippen LogP contribution in [0.3, 0.4) is 0 Å². The molecule has 0 aliphatic carbocycles. The Morgan fingerprint density at radius 3 is 2.65 bits per heavy atom. The van der Waals surface area contributed by atoms with Crippen LogP contribution in [0.15, 0.2) is 43.0 Å². The zero-order chi connectivity index (χ0) is 12.3. The third-order valence-corrected chi connectivity index (χ3v) is 3.76. The van der Waals surface area contributed by atoms with Crippen molar-refractivity contribution in [2.75, 3.05) is 12.5 Å². The lowest BCUT2D eigenvalue weighted by molar-refractivity contribution is -0.131. The Morgan fingerprint density at radius 1 is 1.41 bits per heavy atom. The number of amides is 1. The Morgan fingerprint density at radius 2 is 2.12 bits per heavy atom. The molecule has 1 aliphatic rings. The predicted octanol–water partition coefficient (Wildman–Crippen LogP) is 2.93. The predicted molar refractivity (Wildman–Crippen MR) is 70.0 cm³/mol. The van der Waals surface area contributed by atoms with Crippen LogP contribution < -0.4 is 0 Å². The first-order chi connectivity index (χ1) is 8.24. The van der Waals surface area contributed by atoms with Crippen LogP contribution in [0.5, 0.6) is 0 Å². The van der Waals surface area contributed by atoms with Gasteiger partial charge in [0.05, 0.1) is 11.4 Å². The van der Waals surface area contributed by atoms with Gasteiger partial charge in [0, 0.05) is 6.54 Å². The van der Waals surface area contributed by atoms with Gasteiger partial charge in [-0.1, -0.05) is 36.4 Å². The van der Waals surface area contributed by atoms with Crippen molar-refractivity contribution in [3.05, 3.63) is 48.6 Å². The van der Waals surface area contributed by atoms with Crippen molar-refractivity contribution in [3.8, 4) is 0 Å². The highest BCUT2D eigenvalue weighted by atomic mass is 35.5. The second-order valence-electron chi connectivity index (χ2n) is 4.38. The standard InChI is InChI=1S/C14H16ClNO/c1-2-8-14(12-6-4-3-5-7-12)9-10-16(11-15)13(14)17/h2-7H,1,8-11H2. The number of rotatable bonds is 4. The molecule has 0 saturated carbocycles. The second-order valence-corrected chi connectivity index (χ2v) is 4.62. The van der Waals surface area contributed by atoms with E-state index in [1.54, 1.807) is 4.90 Å². The molecular formula is C14H16ClNO. The molecule has 2 rings (SSSR count). The molecule has 1 amide bonds. The van der Waals surface area contributed by atoms with E-state index < -0.39 is 5.41 Å². The molecular weight excluding hydrogens is 234 g/mol. The van der Waals surface area contributed by atoms with Gasteiger partial charge >= 0.3 is 0 Å². The van der Waals surface area contributed by atoms with Gasteiger partial charge in [-0.15, -0.1) is 18.2 Å². The molecule has 0 aromatic heterocycles. The maximum atomic E-state index is 12.4. The lowest BCUT2D eigenvalue weighted by Gasteiger charge is -2.26. The summed E-state index contributed by atoms with van der Waals surface area (Å²) in [5.41, 5.74) is 0.621. The minimum Gasteiger partial charge on any atom is -0.328 e. The van der Waals surface area contributed by atoms with Crippen LogP contribution in [0.1, 0.15) is 18.4 Å². The highest BCUT2D eigenvalue weighted by Crippen LogP contribution is 2.39. The minimum absolute atomic E-state index is 0.124. The number of allylic oxidation sites excluding steroid dienone is 1. The number of benzene rings is 1. The van der Waals surface area contributed by atoms with Crippen molar-refractivity contribution in [1.29, 1.82) is 0 Å². The molecule has 1 aromatic carbocycles. The fourth-order valence-corrected chi connectivity index (χ4v) is 2.76. The van der Waals surface area contributed by atoms with Crippen molar-refractivity contribution in [2.45, 2.75) is 18.3 Å². The van der Waals surface area contributed by atoms with E-state index in [9.17, 15) is 4.79 Å². The van der Waals surface area contributed by atoms with E-state index in [2.05, 4.69) is 6.58 Å². The Hall–Kier alpha value is -1.28. The van der Waals surface area contributed by atoms with Crippen LogP contribution in [0, 0.1) is 0 Å². The van der Waals surface area contributed by atoms with E-state index in [0.717, 1.165) is 18.5 Å². The smallest absolute Gasteiger partial charge is 0.234 e. The number of carbonyl (C=O) groups excluding carboxylic acids is 1. The van der Waals surface area contributed by atoms with E-state index in [1.807, 2.05) is 36.4 Å². The Bertz CT molecular complexity index is 417. The Balaban J connectivity index is 2.41. The van der Waals surface area contributed by atoms with E-state index in [-0.39, 0.29) is 11.9 Å². The summed E-state index contributed by atoms with van der Waals surface area (Å²) in [6, 6.07) is 10.2. The van der Waals surface area contributed by atoms with Crippen LogP contribution in [0.2, 0.25) is 0 Å². The average molecular weight is 250 g/mol. The molecule has 17 heavy (non-hydrogen) atoms. The first-order valence-electron chi connectivity index (χ1n) is 5.76. The van der Waals surface area contributed by atoms with Crippen molar-refractivity contribution >= 4 is 17.5 Å². The molecule has 2 nitrogen and oxygen atoms in total. The van der Waals surface area contributed by atoms with E-state index in [0.29, 0.717) is 6.42 Å². The largest absolute Gasteiger partial charge is 0.328 e. The number of hydrogen-bond donors (Lipinski definition) is 0. The summed E-state index contributed by atoms with van der Waals surface area (Å²) in [5, 5.41) is 0. The Labute approximate surface area is 107 Å². The molecule has 1 aliphatic heterocycles. The topological polar surface area (TPSA) is 20.3 Å². The SMILES string of the molecule is C=CCC1(c2ccccc2)CCN(CCl)C1=O. The zero-order valence-corrected chi connectivity index (χ0v) is 10.5. The van der Waals surface area contributed by atoms with Gasteiger partial charge < -0.3 is 4.90 Å². The fourth-order valence-electron chi connectivity index (χ4n) is 2.53. The normalized spacial score (nSPS) is 24.1.